The van der Waals surface area contributed by atoms with E-state index in [4.69, 9.17) is 22.7 Å². The zero-order valence-corrected chi connectivity index (χ0v) is 26.7. The van der Waals surface area contributed by atoms with Crippen LogP contribution in [0, 0.1) is 5.41 Å². The number of rotatable bonds is 7. The van der Waals surface area contributed by atoms with Crippen molar-refractivity contribution in [1.29, 1.82) is 0 Å². The number of hydrogen-bond donors (Lipinski definition) is 2. The first-order valence-electron chi connectivity index (χ1n) is 13.7. The summed E-state index contributed by atoms with van der Waals surface area (Å²) < 4.78 is 5.85. The molecule has 0 atom stereocenters. The number of benzene rings is 1. The predicted molar refractivity (Wildman–Crippen MR) is 174 cm³/mol. The third-order valence-electron chi connectivity index (χ3n) is 6.40. The number of nitrogens with zero attached hydrogens (tertiary/aromatic N) is 2. The first-order valence-corrected chi connectivity index (χ1v) is 16.2. The van der Waals surface area contributed by atoms with Crippen molar-refractivity contribution in [2.75, 3.05) is 42.6 Å². The molecule has 1 saturated carbocycles. The lowest BCUT2D eigenvalue weighted by Gasteiger charge is -2.27. The van der Waals surface area contributed by atoms with E-state index < -0.39 is 0 Å². The molecule has 0 aromatic heterocycles. The Morgan fingerprint density at radius 3 is 2.22 bits per heavy atom. The van der Waals surface area contributed by atoms with Crippen molar-refractivity contribution in [3.8, 4) is 5.75 Å². The molecule has 0 unspecified atom stereocenters. The topological polar surface area (TPSA) is 62.9 Å². The molecule has 1 saturated heterocycles. The van der Waals surface area contributed by atoms with Gasteiger partial charge in [-0.25, -0.2) is 0 Å². The number of aliphatic imine (C=N–C) groups is 1. The molecular weight excluding hydrogens is 564 g/mol. The normalized spacial score (nSPS) is 17.7. The van der Waals surface area contributed by atoms with Gasteiger partial charge in [-0.1, -0.05) is 79.4 Å². The van der Waals surface area contributed by atoms with Gasteiger partial charge in [0.25, 0.3) is 0 Å². The summed E-state index contributed by atoms with van der Waals surface area (Å²) in [4.78, 5) is 6.82. The van der Waals surface area contributed by atoms with Gasteiger partial charge in [-0.15, -0.1) is 0 Å². The molecule has 0 spiro atoms. The summed E-state index contributed by atoms with van der Waals surface area (Å²) >= 11 is 10.1. The second-order valence-electron chi connectivity index (χ2n) is 9.75. The van der Waals surface area contributed by atoms with E-state index in [1.54, 1.807) is 11.8 Å². The predicted octanol–water partition coefficient (Wildman–Crippen LogP) is 8.25. The molecule has 1 heterocycles. The molecule has 3 rings (SSSR count). The van der Waals surface area contributed by atoms with Gasteiger partial charge in [0.1, 0.15) is 12.4 Å². The number of hydrogen-bond acceptors (Lipinski definition) is 4. The average molecular weight is 614 g/mol. The van der Waals surface area contributed by atoms with E-state index in [1.165, 1.54) is 64.5 Å². The van der Waals surface area contributed by atoms with Gasteiger partial charge >= 0.3 is 0 Å². The quantitative estimate of drug-likeness (QED) is 0.0807. The van der Waals surface area contributed by atoms with Crippen molar-refractivity contribution in [2.45, 2.75) is 79.1 Å². The SMILES string of the molecule is C/C=C\C.CC1(CS/C(N)=N/C(=S)Nc2ccc(OCCN3CCCC3)cc2)CCCCCC1.CCBr. The van der Waals surface area contributed by atoms with E-state index in [9.17, 15) is 0 Å². The molecule has 0 radical (unpaired) electrons. The molecular formula is C29H49BrN4OS2. The van der Waals surface area contributed by atoms with Gasteiger partial charge in [-0.3, -0.25) is 4.90 Å². The lowest BCUT2D eigenvalue weighted by molar-refractivity contribution is 0.238. The monoisotopic (exact) mass is 612 g/mol. The van der Waals surface area contributed by atoms with Crippen LogP contribution in [-0.2, 0) is 0 Å². The maximum absolute atomic E-state index is 6.14. The van der Waals surface area contributed by atoms with Crippen LogP contribution >= 0.6 is 39.9 Å². The van der Waals surface area contributed by atoms with Crippen LogP contribution in [0.15, 0.2) is 41.4 Å². The number of nitrogens with one attached hydrogen (secondary N) is 1. The van der Waals surface area contributed by atoms with Gasteiger partial charge in [0.2, 0.25) is 0 Å². The fourth-order valence-electron chi connectivity index (χ4n) is 4.19. The zero-order chi connectivity index (χ0) is 27.4. The molecule has 1 aliphatic heterocycles. The fraction of sp³-hybridized carbons (Fsp3) is 0.655. The summed E-state index contributed by atoms with van der Waals surface area (Å²) in [6, 6.07) is 7.85. The van der Waals surface area contributed by atoms with Gasteiger partial charge in [0.05, 0.1) is 0 Å². The molecule has 1 aliphatic carbocycles. The molecule has 2 fully saturated rings. The lowest BCUT2D eigenvalue weighted by Crippen LogP contribution is -2.25. The smallest absolute Gasteiger partial charge is 0.199 e. The highest BCUT2D eigenvalue weighted by Crippen LogP contribution is 2.37. The minimum atomic E-state index is 0.362. The van der Waals surface area contributed by atoms with Crippen molar-refractivity contribution in [1.82, 2.24) is 4.90 Å². The first-order chi connectivity index (χ1) is 17.9. The van der Waals surface area contributed by atoms with Crippen molar-refractivity contribution in [3.05, 3.63) is 36.4 Å². The Kier molecular flexibility index (Phi) is 19.1. The Morgan fingerprint density at radius 1 is 1.11 bits per heavy atom. The average Bonchev–Trinajstić information content (AvgIpc) is 3.31. The van der Waals surface area contributed by atoms with Crippen molar-refractivity contribution in [2.24, 2.45) is 16.1 Å². The number of halogens is 1. The van der Waals surface area contributed by atoms with Gasteiger partial charge in [0.15, 0.2) is 10.3 Å². The third kappa shape index (κ3) is 16.5. The maximum Gasteiger partial charge on any atom is 0.199 e. The van der Waals surface area contributed by atoms with Crippen molar-refractivity contribution >= 4 is 55.9 Å². The van der Waals surface area contributed by atoms with Crippen LogP contribution in [0.3, 0.4) is 0 Å². The number of anilines is 1. The van der Waals surface area contributed by atoms with Gasteiger partial charge in [-0.2, -0.15) is 4.99 Å². The molecule has 37 heavy (non-hydrogen) atoms. The van der Waals surface area contributed by atoms with Gasteiger partial charge in [-0.05, 0) is 94.5 Å². The minimum Gasteiger partial charge on any atom is -0.492 e. The minimum absolute atomic E-state index is 0.362. The molecule has 0 amide bonds. The molecule has 0 bridgehead atoms. The molecule has 2 aliphatic rings. The van der Waals surface area contributed by atoms with E-state index >= 15 is 0 Å². The largest absolute Gasteiger partial charge is 0.492 e. The number of alkyl halides is 1. The van der Waals surface area contributed by atoms with Crippen molar-refractivity contribution < 1.29 is 4.74 Å². The highest BCUT2D eigenvalue weighted by molar-refractivity contribution is 9.09. The number of ether oxygens (including phenoxy) is 1. The van der Waals surface area contributed by atoms with Crippen LogP contribution in [0.2, 0.25) is 0 Å². The van der Waals surface area contributed by atoms with Crippen LogP contribution in [0.4, 0.5) is 5.69 Å². The summed E-state index contributed by atoms with van der Waals surface area (Å²) in [5.41, 5.74) is 7.39. The van der Waals surface area contributed by atoms with Gasteiger partial charge < -0.3 is 15.8 Å². The zero-order valence-electron chi connectivity index (χ0n) is 23.4. The Hall–Kier alpha value is -1.09. The second-order valence-corrected chi connectivity index (χ2v) is 12.3. The van der Waals surface area contributed by atoms with E-state index in [2.05, 4.69) is 38.1 Å². The molecule has 8 heteroatoms. The van der Waals surface area contributed by atoms with Crippen LogP contribution < -0.4 is 15.8 Å². The Morgan fingerprint density at radius 2 is 1.68 bits per heavy atom. The fourth-order valence-corrected chi connectivity index (χ4v) is 5.41. The summed E-state index contributed by atoms with van der Waals surface area (Å²) in [5, 5.41) is 5.15. The number of amidine groups is 1. The van der Waals surface area contributed by atoms with Crippen LogP contribution in [0.25, 0.3) is 0 Å². The van der Waals surface area contributed by atoms with E-state index in [1.807, 2.05) is 57.2 Å². The highest BCUT2D eigenvalue weighted by Gasteiger charge is 2.26. The Labute approximate surface area is 244 Å². The lowest BCUT2D eigenvalue weighted by atomic mass is 9.85. The van der Waals surface area contributed by atoms with Crippen LogP contribution in [0.5, 0.6) is 5.75 Å². The Bertz CT molecular complexity index is 784. The molecule has 5 nitrogen and oxygen atoms in total. The van der Waals surface area contributed by atoms with E-state index in [-0.39, 0.29) is 0 Å². The van der Waals surface area contributed by atoms with Crippen LogP contribution in [-0.4, -0.2) is 52.5 Å². The second kappa shape index (κ2) is 20.8. The summed E-state index contributed by atoms with van der Waals surface area (Å²) in [5.74, 6) is 1.88. The molecule has 1 aromatic rings. The molecule has 1 aromatic carbocycles. The third-order valence-corrected chi connectivity index (χ3v) is 7.83. The number of allylic oxidation sites excluding steroid dienone is 2. The molecule has 3 N–H and O–H groups in total. The standard InChI is InChI=1S/C23H36N4OS2.C4H8.C2H5Br/c1-23(12-4-2-3-5-13-23)18-30-21(24)26-22(29)25-19-8-10-20(11-9-19)28-17-16-27-14-6-7-15-27;1-3-4-2;1-2-3/h8-11H,2-7,12-18H2,1H3,(H3,24,25,26,29);3-4H,1-2H3;2H2,1H3/b;4-3-;. The van der Waals surface area contributed by atoms with E-state index in [0.29, 0.717) is 15.7 Å². The Balaban J connectivity index is 0.000000873. The van der Waals surface area contributed by atoms with Gasteiger partial charge in [0, 0.05) is 23.3 Å². The van der Waals surface area contributed by atoms with Crippen molar-refractivity contribution in [3.63, 3.8) is 0 Å². The number of nitrogens with two attached hydrogens (primary N) is 1. The summed E-state index contributed by atoms with van der Waals surface area (Å²) in [7, 11) is 0. The van der Waals surface area contributed by atoms with Crippen LogP contribution in [0.1, 0.15) is 79.1 Å². The maximum atomic E-state index is 6.14. The molecule has 210 valence electrons. The summed E-state index contributed by atoms with van der Waals surface area (Å²) in [6.45, 7) is 12.5. The highest BCUT2D eigenvalue weighted by atomic mass is 79.9. The number of likely N-dealkylation sites (tertiary alicyclic amines) is 1. The number of thiocarbonyl (C=S) groups is 1. The van der Waals surface area contributed by atoms with E-state index in [0.717, 1.165) is 35.7 Å². The first kappa shape index (κ1) is 33.9. The summed E-state index contributed by atoms with van der Waals surface area (Å²) in [6.07, 6.45) is 14.6. The number of thioether (sulfide) groups is 1.